The Hall–Kier alpha value is -2.16. The Kier molecular flexibility index (Phi) is 5.91. The Morgan fingerprint density at radius 1 is 1.45 bits per heavy atom. The molecule has 9 heteroatoms. The number of esters is 1. The summed E-state index contributed by atoms with van der Waals surface area (Å²) in [5.41, 5.74) is 0.0314. The number of methoxy groups -OCH3 is 1. The van der Waals surface area contributed by atoms with Gasteiger partial charge in [0, 0.05) is 12.7 Å². The van der Waals surface area contributed by atoms with Gasteiger partial charge in [0.25, 0.3) is 0 Å². The first-order chi connectivity index (χ1) is 9.43. The summed E-state index contributed by atoms with van der Waals surface area (Å²) in [5.74, 6) is -2.15. The Morgan fingerprint density at radius 2 is 2.15 bits per heavy atom. The third-order valence-corrected chi connectivity index (χ3v) is 3.07. The number of nitrogens with one attached hydrogen (secondary N) is 1. The predicted molar refractivity (Wildman–Crippen MR) is 69.3 cm³/mol. The molecular formula is C11H13N3O5S. The number of carboxylic acids is 1. The largest absolute Gasteiger partial charge is 0.480 e. The zero-order valence-corrected chi connectivity index (χ0v) is 11.6. The third kappa shape index (κ3) is 4.84. The van der Waals surface area contributed by atoms with Crippen molar-refractivity contribution >= 4 is 29.6 Å². The van der Waals surface area contributed by atoms with E-state index >= 15 is 0 Å². The van der Waals surface area contributed by atoms with Crippen LogP contribution in [0, 0.1) is 0 Å². The van der Waals surface area contributed by atoms with Gasteiger partial charge in [-0.15, -0.1) is 11.8 Å². The molecule has 1 unspecified atom stereocenters. The van der Waals surface area contributed by atoms with Gasteiger partial charge in [-0.3, -0.25) is 9.78 Å². The highest BCUT2D eigenvalue weighted by atomic mass is 32.2. The molecule has 0 saturated heterocycles. The first-order valence-corrected chi connectivity index (χ1v) is 6.45. The lowest BCUT2D eigenvalue weighted by Crippen LogP contribution is -2.41. The lowest BCUT2D eigenvalue weighted by Gasteiger charge is -2.12. The number of carboxylic acid groups (broad SMARTS) is 1. The standard InChI is InChI=1S/C11H13N3O5S/c1-6(15)13-8(10(16)17)5-20-9-4-12-3-7(14-9)11(18)19-2/h3-4,8H,5H2,1-2H3,(H,13,15)(H,16,17). The Bertz CT molecular complexity index is 523. The van der Waals surface area contributed by atoms with Crippen LogP contribution in [0.3, 0.4) is 0 Å². The van der Waals surface area contributed by atoms with Gasteiger partial charge in [0.2, 0.25) is 5.91 Å². The molecule has 0 aliphatic carbocycles. The normalized spacial score (nSPS) is 11.5. The highest BCUT2D eigenvalue weighted by Gasteiger charge is 2.19. The van der Waals surface area contributed by atoms with Gasteiger partial charge in [0.15, 0.2) is 5.69 Å². The van der Waals surface area contributed by atoms with E-state index in [1.807, 2.05) is 0 Å². The van der Waals surface area contributed by atoms with Crippen molar-refractivity contribution in [2.45, 2.75) is 18.0 Å². The number of ether oxygens (including phenoxy) is 1. The molecule has 0 saturated carbocycles. The van der Waals surface area contributed by atoms with E-state index in [0.29, 0.717) is 5.03 Å². The van der Waals surface area contributed by atoms with Crippen molar-refractivity contribution in [2.75, 3.05) is 12.9 Å². The minimum atomic E-state index is -1.15. The molecule has 0 bridgehead atoms. The summed E-state index contributed by atoms with van der Waals surface area (Å²) in [5, 5.41) is 11.6. The molecule has 0 aliphatic rings. The van der Waals surface area contributed by atoms with Crippen LogP contribution >= 0.6 is 11.8 Å². The molecule has 1 atom stereocenters. The van der Waals surface area contributed by atoms with Crippen molar-refractivity contribution in [3.8, 4) is 0 Å². The molecule has 1 aromatic heterocycles. The van der Waals surface area contributed by atoms with Crippen LogP contribution in [0.25, 0.3) is 0 Å². The smallest absolute Gasteiger partial charge is 0.358 e. The van der Waals surface area contributed by atoms with E-state index < -0.39 is 23.9 Å². The number of carbonyl (C=O) groups excluding carboxylic acids is 2. The monoisotopic (exact) mass is 299 g/mol. The molecule has 0 aliphatic heterocycles. The zero-order valence-electron chi connectivity index (χ0n) is 10.8. The van der Waals surface area contributed by atoms with Crippen molar-refractivity contribution in [2.24, 2.45) is 0 Å². The SMILES string of the molecule is COC(=O)c1cncc(SCC(NC(C)=O)C(=O)O)n1. The first kappa shape index (κ1) is 15.9. The molecule has 2 N–H and O–H groups in total. The molecule has 1 rings (SSSR count). The molecule has 0 fully saturated rings. The Morgan fingerprint density at radius 3 is 2.70 bits per heavy atom. The number of aliphatic carboxylic acids is 1. The summed E-state index contributed by atoms with van der Waals surface area (Å²) >= 11 is 1.06. The van der Waals surface area contributed by atoms with Gasteiger partial charge < -0.3 is 15.2 Å². The lowest BCUT2D eigenvalue weighted by atomic mass is 10.3. The molecule has 0 radical (unpaired) electrons. The fourth-order valence-corrected chi connectivity index (χ4v) is 2.07. The molecule has 0 spiro atoms. The van der Waals surface area contributed by atoms with Gasteiger partial charge in [-0.2, -0.15) is 0 Å². The fourth-order valence-electron chi connectivity index (χ4n) is 1.21. The van der Waals surface area contributed by atoms with E-state index in [0.717, 1.165) is 11.8 Å². The fraction of sp³-hybridized carbons (Fsp3) is 0.364. The molecule has 8 nitrogen and oxygen atoms in total. The number of amides is 1. The minimum absolute atomic E-state index is 0.0314. The Balaban J connectivity index is 2.70. The number of rotatable bonds is 6. The second-order valence-electron chi connectivity index (χ2n) is 3.64. The maximum absolute atomic E-state index is 11.3. The van der Waals surface area contributed by atoms with E-state index in [2.05, 4.69) is 20.0 Å². The van der Waals surface area contributed by atoms with Crippen LogP contribution in [0.1, 0.15) is 17.4 Å². The number of hydrogen-bond acceptors (Lipinski definition) is 7. The minimum Gasteiger partial charge on any atom is -0.480 e. The van der Waals surface area contributed by atoms with Gasteiger partial charge >= 0.3 is 11.9 Å². The van der Waals surface area contributed by atoms with Crippen molar-refractivity contribution < 1.29 is 24.2 Å². The Labute approximate surface area is 118 Å². The number of thioether (sulfide) groups is 1. The maximum atomic E-state index is 11.3. The van der Waals surface area contributed by atoms with Crippen LogP contribution < -0.4 is 5.32 Å². The van der Waals surface area contributed by atoms with Crippen LogP contribution in [0.15, 0.2) is 17.4 Å². The first-order valence-electron chi connectivity index (χ1n) is 5.47. The zero-order chi connectivity index (χ0) is 15.1. The van der Waals surface area contributed by atoms with Gasteiger partial charge in [0.1, 0.15) is 11.1 Å². The summed E-state index contributed by atoms with van der Waals surface area (Å²) in [4.78, 5) is 40.9. The average Bonchev–Trinajstić information content (AvgIpc) is 2.42. The van der Waals surface area contributed by atoms with E-state index in [9.17, 15) is 14.4 Å². The predicted octanol–water partition coefficient (Wildman–Crippen LogP) is -0.0554. The number of hydrogen-bond donors (Lipinski definition) is 2. The quantitative estimate of drug-likeness (QED) is 0.554. The average molecular weight is 299 g/mol. The summed E-state index contributed by atoms with van der Waals surface area (Å²) < 4.78 is 4.51. The highest BCUT2D eigenvalue weighted by molar-refractivity contribution is 7.99. The molecule has 1 heterocycles. The van der Waals surface area contributed by atoms with Crippen LogP contribution in [-0.2, 0) is 14.3 Å². The second kappa shape index (κ2) is 7.43. The summed E-state index contributed by atoms with van der Waals surface area (Å²) in [6.07, 6.45) is 2.64. The topological polar surface area (TPSA) is 118 Å². The van der Waals surface area contributed by atoms with E-state index in [4.69, 9.17) is 5.11 Å². The van der Waals surface area contributed by atoms with Crippen LogP contribution in [0.5, 0.6) is 0 Å². The van der Waals surface area contributed by atoms with E-state index in [1.165, 1.54) is 26.4 Å². The van der Waals surface area contributed by atoms with E-state index in [-0.39, 0.29) is 11.4 Å². The molecule has 1 aromatic rings. The van der Waals surface area contributed by atoms with Gasteiger partial charge in [-0.05, 0) is 0 Å². The number of carbonyl (C=O) groups is 3. The van der Waals surface area contributed by atoms with Gasteiger partial charge in [0.05, 0.1) is 19.5 Å². The summed E-state index contributed by atoms with van der Waals surface area (Å²) in [7, 11) is 1.22. The van der Waals surface area contributed by atoms with Gasteiger partial charge in [-0.25, -0.2) is 14.6 Å². The van der Waals surface area contributed by atoms with Crippen molar-refractivity contribution in [1.29, 1.82) is 0 Å². The molecular weight excluding hydrogens is 286 g/mol. The summed E-state index contributed by atoms with van der Waals surface area (Å²) in [6, 6.07) is -1.04. The lowest BCUT2D eigenvalue weighted by molar-refractivity contribution is -0.140. The van der Waals surface area contributed by atoms with Crippen molar-refractivity contribution in [3.05, 3.63) is 18.1 Å². The van der Waals surface area contributed by atoms with Crippen LogP contribution in [0.2, 0.25) is 0 Å². The van der Waals surface area contributed by atoms with Crippen molar-refractivity contribution in [1.82, 2.24) is 15.3 Å². The molecule has 20 heavy (non-hydrogen) atoms. The van der Waals surface area contributed by atoms with Gasteiger partial charge in [-0.1, -0.05) is 0 Å². The highest BCUT2D eigenvalue weighted by Crippen LogP contribution is 2.16. The number of aromatic nitrogens is 2. The molecule has 108 valence electrons. The third-order valence-electron chi connectivity index (χ3n) is 2.08. The van der Waals surface area contributed by atoms with Crippen LogP contribution in [-0.4, -0.2) is 51.8 Å². The maximum Gasteiger partial charge on any atom is 0.358 e. The van der Waals surface area contributed by atoms with E-state index in [1.54, 1.807) is 0 Å². The van der Waals surface area contributed by atoms with Crippen molar-refractivity contribution in [3.63, 3.8) is 0 Å². The van der Waals surface area contributed by atoms with Crippen LogP contribution in [0.4, 0.5) is 0 Å². The number of nitrogens with zero attached hydrogens (tertiary/aromatic N) is 2. The summed E-state index contributed by atoms with van der Waals surface area (Å²) in [6.45, 7) is 1.23. The second-order valence-corrected chi connectivity index (χ2v) is 4.68. The molecule has 1 amide bonds. The molecule has 0 aromatic carbocycles.